The van der Waals surface area contributed by atoms with Crippen LogP contribution in [0.15, 0.2) is 17.3 Å². The van der Waals surface area contributed by atoms with Gasteiger partial charge in [-0.1, -0.05) is 20.8 Å². The highest BCUT2D eigenvalue weighted by Gasteiger charge is 2.42. The summed E-state index contributed by atoms with van der Waals surface area (Å²) < 4.78 is 0. The molecule has 114 valence electrons. The number of aliphatic imine (C=N–C) groups is 1. The second kappa shape index (κ2) is 5.56. The van der Waals surface area contributed by atoms with Gasteiger partial charge in [0, 0.05) is 6.20 Å². The van der Waals surface area contributed by atoms with Gasteiger partial charge < -0.3 is 10.4 Å². The minimum atomic E-state index is -0.745. The molecule has 1 aliphatic rings. The van der Waals surface area contributed by atoms with Crippen molar-refractivity contribution in [1.29, 1.82) is 0 Å². The highest BCUT2D eigenvalue weighted by molar-refractivity contribution is 6.15. The zero-order chi connectivity index (χ0) is 15.8. The Bertz CT molecular complexity index is 593. The highest BCUT2D eigenvalue weighted by atomic mass is 16.3. The molecule has 0 fully saturated rings. The van der Waals surface area contributed by atoms with E-state index in [-0.39, 0.29) is 11.8 Å². The number of carbonyl (C=O) groups excluding carboxylic acids is 1. The molecule has 2 rings (SSSR count). The van der Waals surface area contributed by atoms with Crippen molar-refractivity contribution in [3.05, 3.63) is 29.1 Å². The summed E-state index contributed by atoms with van der Waals surface area (Å²) in [5, 5.41) is 12.5. The summed E-state index contributed by atoms with van der Waals surface area (Å²) in [6.07, 6.45) is 1.84. The van der Waals surface area contributed by atoms with Crippen LogP contribution in [-0.2, 0) is 11.2 Å². The monoisotopic (exact) mass is 289 g/mol. The molecule has 2 heterocycles. The zero-order valence-corrected chi connectivity index (χ0v) is 13.3. The molecule has 2 unspecified atom stereocenters. The number of pyridine rings is 1. The van der Waals surface area contributed by atoms with E-state index in [4.69, 9.17) is 0 Å². The Kier molecular flexibility index (Phi) is 4.14. The molecule has 1 amide bonds. The summed E-state index contributed by atoms with van der Waals surface area (Å²) in [5.41, 5.74) is 1.69. The number of rotatable bonds is 4. The van der Waals surface area contributed by atoms with Gasteiger partial charge in [-0.3, -0.25) is 9.78 Å². The average Bonchev–Trinajstić information content (AvgIpc) is 2.75. The number of aromatic nitrogens is 1. The first-order valence-electron chi connectivity index (χ1n) is 7.38. The molecular weight excluding hydrogens is 266 g/mol. The molecule has 0 saturated heterocycles. The maximum absolute atomic E-state index is 12.2. The number of carbonyl (C=O) groups is 1. The van der Waals surface area contributed by atoms with E-state index in [2.05, 4.69) is 15.3 Å². The van der Waals surface area contributed by atoms with Crippen LogP contribution in [0.5, 0.6) is 0 Å². The third-order valence-corrected chi connectivity index (χ3v) is 4.24. The Morgan fingerprint density at radius 3 is 2.52 bits per heavy atom. The molecule has 0 aliphatic carbocycles. The standard InChI is InChI=1S/C16H23N3O2/c1-6-11-7-12(10(4)20)8-17-13(11)14-18-15(21)16(5,19-14)9(2)3/h7-10,20H,6H2,1-5H3,(H,18,19,21). The fourth-order valence-electron chi connectivity index (χ4n) is 2.29. The normalized spacial score (nSPS) is 23.2. The summed E-state index contributed by atoms with van der Waals surface area (Å²) in [4.78, 5) is 21.2. The first-order chi connectivity index (χ1) is 9.79. The van der Waals surface area contributed by atoms with Gasteiger partial charge >= 0.3 is 0 Å². The van der Waals surface area contributed by atoms with Crippen molar-refractivity contribution in [2.75, 3.05) is 0 Å². The van der Waals surface area contributed by atoms with Crippen LogP contribution in [0, 0.1) is 5.92 Å². The summed E-state index contributed by atoms with van der Waals surface area (Å²) in [5.74, 6) is 0.554. The van der Waals surface area contributed by atoms with Crippen LogP contribution in [0.2, 0.25) is 0 Å². The van der Waals surface area contributed by atoms with Crippen LogP contribution in [0.25, 0.3) is 0 Å². The highest BCUT2D eigenvalue weighted by Crippen LogP contribution is 2.27. The van der Waals surface area contributed by atoms with Crippen LogP contribution >= 0.6 is 0 Å². The Morgan fingerprint density at radius 1 is 1.38 bits per heavy atom. The van der Waals surface area contributed by atoms with Gasteiger partial charge in [-0.25, -0.2) is 4.99 Å². The number of aliphatic hydroxyl groups is 1. The van der Waals surface area contributed by atoms with E-state index < -0.39 is 11.6 Å². The van der Waals surface area contributed by atoms with Gasteiger partial charge in [-0.05, 0) is 43.4 Å². The van der Waals surface area contributed by atoms with Crippen molar-refractivity contribution in [1.82, 2.24) is 10.3 Å². The van der Waals surface area contributed by atoms with Crippen LogP contribution in [0.1, 0.15) is 57.5 Å². The molecule has 0 spiro atoms. The number of aliphatic hydroxyl groups excluding tert-OH is 1. The molecular formula is C16H23N3O2. The molecule has 5 nitrogen and oxygen atoms in total. The van der Waals surface area contributed by atoms with E-state index in [0.717, 1.165) is 17.5 Å². The van der Waals surface area contributed by atoms with Crippen LogP contribution in [-0.4, -0.2) is 27.4 Å². The number of amidine groups is 1. The van der Waals surface area contributed by atoms with Gasteiger partial charge in [0.25, 0.3) is 5.91 Å². The number of aryl methyl sites for hydroxylation is 1. The number of hydrogen-bond donors (Lipinski definition) is 2. The molecule has 1 aliphatic heterocycles. The average molecular weight is 289 g/mol. The fourth-order valence-corrected chi connectivity index (χ4v) is 2.29. The Labute approximate surface area is 125 Å². The Balaban J connectivity index is 2.46. The predicted octanol–water partition coefficient (Wildman–Crippen LogP) is 1.99. The molecule has 1 aromatic heterocycles. The van der Waals surface area contributed by atoms with Gasteiger partial charge in [0.05, 0.1) is 6.10 Å². The number of amides is 1. The minimum absolute atomic E-state index is 0.0871. The quantitative estimate of drug-likeness (QED) is 0.890. The smallest absolute Gasteiger partial charge is 0.253 e. The van der Waals surface area contributed by atoms with Crippen molar-refractivity contribution in [2.24, 2.45) is 10.9 Å². The third-order valence-electron chi connectivity index (χ3n) is 4.24. The molecule has 0 saturated carbocycles. The molecule has 0 bridgehead atoms. The van der Waals surface area contributed by atoms with Crippen LogP contribution in [0.3, 0.4) is 0 Å². The molecule has 0 radical (unpaired) electrons. The van der Waals surface area contributed by atoms with Crippen molar-refractivity contribution in [3.63, 3.8) is 0 Å². The van der Waals surface area contributed by atoms with E-state index in [1.54, 1.807) is 13.1 Å². The lowest BCUT2D eigenvalue weighted by Gasteiger charge is -2.21. The SMILES string of the molecule is CCc1cc(C(C)O)cnc1C1=NC(C)(C(C)C)C(=O)N1. The van der Waals surface area contributed by atoms with Crippen LogP contribution in [0.4, 0.5) is 0 Å². The maximum Gasteiger partial charge on any atom is 0.253 e. The fraction of sp³-hybridized carbons (Fsp3) is 0.562. The van der Waals surface area contributed by atoms with Gasteiger partial charge in [0.1, 0.15) is 11.2 Å². The van der Waals surface area contributed by atoms with Gasteiger partial charge in [0.15, 0.2) is 5.84 Å². The summed E-state index contributed by atoms with van der Waals surface area (Å²) in [6.45, 7) is 9.54. The first-order valence-corrected chi connectivity index (χ1v) is 7.38. The Hall–Kier alpha value is -1.75. The largest absolute Gasteiger partial charge is 0.389 e. The topological polar surface area (TPSA) is 74.6 Å². The van der Waals surface area contributed by atoms with Crippen molar-refractivity contribution < 1.29 is 9.90 Å². The summed E-state index contributed by atoms with van der Waals surface area (Å²) in [7, 11) is 0. The second-order valence-corrected chi connectivity index (χ2v) is 6.02. The van der Waals surface area contributed by atoms with Crippen molar-refractivity contribution >= 4 is 11.7 Å². The van der Waals surface area contributed by atoms with Crippen molar-refractivity contribution in [3.8, 4) is 0 Å². The lowest BCUT2D eigenvalue weighted by atomic mass is 9.89. The molecule has 2 N–H and O–H groups in total. The minimum Gasteiger partial charge on any atom is -0.389 e. The summed E-state index contributed by atoms with van der Waals surface area (Å²) >= 11 is 0. The molecule has 1 aromatic rings. The van der Waals surface area contributed by atoms with Crippen molar-refractivity contribution in [2.45, 2.75) is 52.7 Å². The van der Waals surface area contributed by atoms with Crippen LogP contribution < -0.4 is 5.32 Å². The van der Waals surface area contributed by atoms with Gasteiger partial charge in [-0.2, -0.15) is 0 Å². The number of nitrogens with one attached hydrogen (secondary N) is 1. The van der Waals surface area contributed by atoms with E-state index in [0.29, 0.717) is 11.5 Å². The van der Waals surface area contributed by atoms with E-state index in [1.807, 2.05) is 33.8 Å². The Morgan fingerprint density at radius 2 is 2.05 bits per heavy atom. The van der Waals surface area contributed by atoms with E-state index in [9.17, 15) is 9.90 Å². The number of nitrogens with zero attached hydrogens (tertiary/aromatic N) is 2. The molecule has 0 aromatic carbocycles. The second-order valence-electron chi connectivity index (χ2n) is 6.02. The maximum atomic E-state index is 12.2. The van der Waals surface area contributed by atoms with Gasteiger partial charge in [0.2, 0.25) is 0 Å². The number of hydrogen-bond acceptors (Lipinski definition) is 4. The lowest BCUT2D eigenvalue weighted by Crippen LogP contribution is -2.41. The van der Waals surface area contributed by atoms with E-state index in [1.165, 1.54) is 0 Å². The zero-order valence-electron chi connectivity index (χ0n) is 13.3. The lowest BCUT2D eigenvalue weighted by molar-refractivity contribution is -0.124. The third kappa shape index (κ3) is 2.70. The van der Waals surface area contributed by atoms with Gasteiger partial charge in [-0.15, -0.1) is 0 Å². The first kappa shape index (κ1) is 15.6. The molecule has 21 heavy (non-hydrogen) atoms. The molecule has 5 heteroatoms. The summed E-state index contributed by atoms with van der Waals surface area (Å²) in [6, 6.07) is 1.92. The molecule has 2 atom stereocenters. The van der Waals surface area contributed by atoms with E-state index >= 15 is 0 Å². The predicted molar refractivity (Wildman–Crippen MR) is 82.2 cm³/mol.